The zero-order valence-corrected chi connectivity index (χ0v) is 17.2. The molecule has 1 N–H and O–H groups in total. The minimum absolute atomic E-state index is 0.151. The van der Waals surface area contributed by atoms with Gasteiger partial charge in [0.2, 0.25) is 0 Å². The molecule has 3 rings (SSSR count). The molecule has 3 heteroatoms. The van der Waals surface area contributed by atoms with Crippen LogP contribution in [0.1, 0.15) is 109 Å². The van der Waals surface area contributed by atoms with Crippen molar-refractivity contribution in [3.63, 3.8) is 0 Å². The van der Waals surface area contributed by atoms with E-state index in [-0.39, 0.29) is 12.0 Å². The lowest BCUT2D eigenvalue weighted by molar-refractivity contribution is -0.124. The lowest BCUT2D eigenvalue weighted by Gasteiger charge is -2.36. The summed E-state index contributed by atoms with van der Waals surface area (Å²) in [4.78, 5) is 25.1. The van der Waals surface area contributed by atoms with E-state index in [0.717, 1.165) is 56.8 Å². The van der Waals surface area contributed by atoms with Gasteiger partial charge in [0.1, 0.15) is 11.6 Å². The van der Waals surface area contributed by atoms with Gasteiger partial charge in [-0.3, -0.25) is 9.59 Å². The Morgan fingerprint density at radius 2 is 1.37 bits per heavy atom. The summed E-state index contributed by atoms with van der Waals surface area (Å²) < 4.78 is 0. The topological polar surface area (TPSA) is 54.4 Å². The lowest BCUT2D eigenvalue weighted by Crippen LogP contribution is -2.27. The molecule has 0 saturated heterocycles. The minimum atomic E-state index is -0.151. The normalized spacial score (nSPS) is 34.9. The van der Waals surface area contributed by atoms with Gasteiger partial charge < -0.3 is 5.11 Å². The minimum Gasteiger partial charge on any atom is -0.393 e. The van der Waals surface area contributed by atoms with E-state index in [0.29, 0.717) is 36.7 Å². The van der Waals surface area contributed by atoms with Crippen LogP contribution in [0.3, 0.4) is 0 Å². The Labute approximate surface area is 165 Å². The van der Waals surface area contributed by atoms with Gasteiger partial charge >= 0.3 is 0 Å². The first-order valence-corrected chi connectivity index (χ1v) is 11.8. The second-order valence-corrected chi connectivity index (χ2v) is 9.76. The molecule has 27 heavy (non-hydrogen) atoms. The third-order valence-electron chi connectivity index (χ3n) is 7.70. The second kappa shape index (κ2) is 10.7. The van der Waals surface area contributed by atoms with Crippen molar-refractivity contribution in [2.45, 2.75) is 115 Å². The summed E-state index contributed by atoms with van der Waals surface area (Å²) in [6.45, 7) is 0. The predicted octanol–water partition coefficient (Wildman–Crippen LogP) is 5.62. The number of hydrogen-bond acceptors (Lipinski definition) is 3. The highest BCUT2D eigenvalue weighted by Gasteiger charge is 2.31. The number of Topliss-reactive ketones (excluding diaryl/α,β-unsaturated/α-hetero) is 2. The maximum absolute atomic E-state index is 12.8. The molecule has 154 valence electrons. The lowest BCUT2D eigenvalue weighted by atomic mass is 9.69. The quantitative estimate of drug-likeness (QED) is 0.627. The van der Waals surface area contributed by atoms with Crippen LogP contribution in [0.2, 0.25) is 0 Å². The van der Waals surface area contributed by atoms with Gasteiger partial charge in [-0.2, -0.15) is 0 Å². The van der Waals surface area contributed by atoms with Gasteiger partial charge in [0.15, 0.2) is 0 Å². The summed E-state index contributed by atoms with van der Waals surface area (Å²) in [7, 11) is 0. The molecule has 0 radical (unpaired) electrons. The highest BCUT2D eigenvalue weighted by atomic mass is 16.3. The third-order valence-corrected chi connectivity index (χ3v) is 7.70. The number of carbonyl (C=O) groups excluding carboxylic acids is 2. The standard InChI is InChI=1S/C24H40O3/c25-22-14-12-18(13-15-22)16-23(26)10-5-11-24(27)21-9-4-2-7-19-6-1-3-8-20(19)17-21/h18-22,25H,1-17H2. The van der Waals surface area contributed by atoms with Crippen LogP contribution in [0, 0.1) is 23.7 Å². The van der Waals surface area contributed by atoms with Crippen LogP contribution in [-0.4, -0.2) is 22.8 Å². The average molecular weight is 377 g/mol. The van der Waals surface area contributed by atoms with E-state index in [1.807, 2.05) is 0 Å². The van der Waals surface area contributed by atoms with E-state index in [1.165, 1.54) is 44.9 Å². The number of aliphatic hydroxyl groups excluding tert-OH is 1. The van der Waals surface area contributed by atoms with Crippen molar-refractivity contribution in [2.75, 3.05) is 0 Å². The molecule has 0 spiro atoms. The van der Waals surface area contributed by atoms with Gasteiger partial charge in [-0.1, -0.05) is 44.9 Å². The molecule has 3 fully saturated rings. The monoisotopic (exact) mass is 376 g/mol. The smallest absolute Gasteiger partial charge is 0.135 e. The van der Waals surface area contributed by atoms with Crippen LogP contribution in [0.15, 0.2) is 0 Å². The van der Waals surface area contributed by atoms with Crippen molar-refractivity contribution in [3.05, 3.63) is 0 Å². The summed E-state index contributed by atoms with van der Waals surface area (Å²) in [6.07, 6.45) is 17.7. The van der Waals surface area contributed by atoms with Crippen molar-refractivity contribution in [1.29, 1.82) is 0 Å². The number of carbonyl (C=O) groups is 2. The molecule has 0 aliphatic heterocycles. The van der Waals surface area contributed by atoms with Crippen LogP contribution in [0.4, 0.5) is 0 Å². The fraction of sp³-hybridized carbons (Fsp3) is 0.917. The van der Waals surface area contributed by atoms with E-state index in [1.54, 1.807) is 0 Å². The highest BCUT2D eigenvalue weighted by Crippen LogP contribution is 2.40. The summed E-state index contributed by atoms with van der Waals surface area (Å²) >= 11 is 0. The van der Waals surface area contributed by atoms with Crippen molar-refractivity contribution < 1.29 is 14.7 Å². The maximum Gasteiger partial charge on any atom is 0.135 e. The van der Waals surface area contributed by atoms with E-state index in [9.17, 15) is 14.7 Å². The Morgan fingerprint density at radius 1 is 0.741 bits per heavy atom. The molecule has 3 nitrogen and oxygen atoms in total. The fourth-order valence-corrected chi connectivity index (χ4v) is 5.98. The molecule has 3 aliphatic carbocycles. The number of hydrogen-bond donors (Lipinski definition) is 1. The number of aliphatic hydroxyl groups is 1. The Bertz CT molecular complexity index is 478. The van der Waals surface area contributed by atoms with Crippen LogP contribution in [0.25, 0.3) is 0 Å². The summed E-state index contributed by atoms with van der Waals surface area (Å²) in [5, 5.41) is 9.57. The molecule has 0 bridgehead atoms. The number of rotatable bonds is 7. The largest absolute Gasteiger partial charge is 0.393 e. The van der Waals surface area contributed by atoms with Crippen molar-refractivity contribution in [2.24, 2.45) is 23.7 Å². The second-order valence-electron chi connectivity index (χ2n) is 9.76. The van der Waals surface area contributed by atoms with Gasteiger partial charge in [0, 0.05) is 25.2 Å². The van der Waals surface area contributed by atoms with Crippen LogP contribution >= 0.6 is 0 Å². The van der Waals surface area contributed by atoms with E-state index in [4.69, 9.17) is 0 Å². The Hall–Kier alpha value is -0.700. The molecule has 3 unspecified atom stereocenters. The van der Waals surface area contributed by atoms with Gasteiger partial charge in [-0.05, 0) is 62.7 Å². The molecule has 3 atom stereocenters. The van der Waals surface area contributed by atoms with Crippen LogP contribution < -0.4 is 0 Å². The van der Waals surface area contributed by atoms with Crippen molar-refractivity contribution in [1.82, 2.24) is 0 Å². The molecule has 3 aliphatic rings. The molecule has 0 aromatic carbocycles. The zero-order chi connectivity index (χ0) is 19.1. The third kappa shape index (κ3) is 6.69. The van der Waals surface area contributed by atoms with E-state index in [2.05, 4.69) is 0 Å². The van der Waals surface area contributed by atoms with Crippen LogP contribution in [-0.2, 0) is 9.59 Å². The Kier molecular flexibility index (Phi) is 8.36. The first-order valence-electron chi connectivity index (χ1n) is 11.8. The van der Waals surface area contributed by atoms with Crippen molar-refractivity contribution >= 4 is 11.6 Å². The molecule has 0 amide bonds. The number of fused-ring (bicyclic) bond motifs is 1. The van der Waals surface area contributed by atoms with Gasteiger partial charge in [-0.15, -0.1) is 0 Å². The molecule has 0 aromatic rings. The fourth-order valence-electron chi connectivity index (χ4n) is 5.98. The molecule has 0 aromatic heterocycles. The Morgan fingerprint density at radius 3 is 2.07 bits per heavy atom. The molecule has 0 heterocycles. The van der Waals surface area contributed by atoms with Crippen LogP contribution in [0.5, 0.6) is 0 Å². The van der Waals surface area contributed by atoms with E-state index < -0.39 is 0 Å². The van der Waals surface area contributed by atoms with Crippen molar-refractivity contribution in [3.8, 4) is 0 Å². The first kappa shape index (κ1) is 21.0. The van der Waals surface area contributed by atoms with Gasteiger partial charge in [0.05, 0.1) is 6.10 Å². The molecule has 3 saturated carbocycles. The van der Waals surface area contributed by atoms with E-state index >= 15 is 0 Å². The SMILES string of the molecule is O=C(CCCC(=O)C1CCCCC2CCCCC2C1)CC1CCC(O)CC1. The summed E-state index contributed by atoms with van der Waals surface area (Å²) in [5.74, 6) is 3.17. The molecular weight excluding hydrogens is 336 g/mol. The van der Waals surface area contributed by atoms with Gasteiger partial charge in [0.25, 0.3) is 0 Å². The number of ketones is 2. The average Bonchev–Trinajstić information content (AvgIpc) is 2.64. The zero-order valence-electron chi connectivity index (χ0n) is 17.2. The predicted molar refractivity (Wildman–Crippen MR) is 108 cm³/mol. The summed E-state index contributed by atoms with van der Waals surface area (Å²) in [5.41, 5.74) is 0. The highest BCUT2D eigenvalue weighted by molar-refractivity contribution is 5.82. The Balaban J connectivity index is 1.37. The maximum atomic E-state index is 12.8. The molecular formula is C24H40O3. The summed E-state index contributed by atoms with van der Waals surface area (Å²) in [6, 6.07) is 0. The van der Waals surface area contributed by atoms with Gasteiger partial charge in [-0.25, -0.2) is 0 Å². The first-order chi connectivity index (χ1) is 13.1.